The molecule has 2 aliphatic rings. The molecule has 3 unspecified atom stereocenters. The summed E-state index contributed by atoms with van der Waals surface area (Å²) < 4.78 is 5.42. The smallest absolute Gasteiger partial charge is 0.122 e. The molecule has 1 fully saturated rings. The Morgan fingerprint density at radius 1 is 1.37 bits per heavy atom. The number of hydrogen-bond acceptors (Lipinski definition) is 3. The van der Waals surface area contributed by atoms with Crippen molar-refractivity contribution in [2.45, 2.75) is 38.8 Å². The largest absolute Gasteiger partial charge is 0.496 e. The molecule has 3 atom stereocenters. The van der Waals surface area contributed by atoms with Crippen LogP contribution in [-0.2, 0) is 6.42 Å². The van der Waals surface area contributed by atoms with Crippen molar-refractivity contribution in [2.24, 2.45) is 5.92 Å². The summed E-state index contributed by atoms with van der Waals surface area (Å²) in [5.41, 5.74) is 3.98. The summed E-state index contributed by atoms with van der Waals surface area (Å²) in [6, 6.07) is 4.83. The minimum absolute atomic E-state index is 0.172. The number of ether oxygens (including phenoxy) is 1. The highest BCUT2D eigenvalue weighted by Gasteiger charge is 2.36. The standard InChI is InChI=1S/C16H23NO2/c1-10-6-13-12(7-16(10)19-3)4-5-17-9-11(2)15(18)8-14(13)17/h6-7,11,14-15,18H,4-5,8-9H2,1-3H3. The highest BCUT2D eigenvalue weighted by Crippen LogP contribution is 2.40. The summed E-state index contributed by atoms with van der Waals surface area (Å²) in [6.07, 6.45) is 1.78. The van der Waals surface area contributed by atoms with Crippen molar-refractivity contribution >= 4 is 0 Å². The molecule has 1 aromatic carbocycles. The first-order valence-electron chi connectivity index (χ1n) is 7.19. The maximum atomic E-state index is 10.2. The Bertz CT molecular complexity index is 486. The van der Waals surface area contributed by atoms with Gasteiger partial charge in [-0.05, 0) is 48.4 Å². The molecule has 3 nitrogen and oxygen atoms in total. The van der Waals surface area contributed by atoms with Crippen LogP contribution in [0.2, 0.25) is 0 Å². The lowest BCUT2D eigenvalue weighted by Gasteiger charge is -2.45. The number of aliphatic hydroxyl groups is 1. The summed E-state index contributed by atoms with van der Waals surface area (Å²) in [7, 11) is 1.73. The third-order valence-electron chi connectivity index (χ3n) is 4.77. The molecular weight excluding hydrogens is 238 g/mol. The van der Waals surface area contributed by atoms with E-state index in [-0.39, 0.29) is 6.10 Å². The highest BCUT2D eigenvalue weighted by atomic mass is 16.5. The Balaban J connectivity index is 1.98. The zero-order valence-electron chi connectivity index (χ0n) is 12.0. The zero-order chi connectivity index (χ0) is 13.6. The third kappa shape index (κ3) is 2.15. The summed E-state index contributed by atoms with van der Waals surface area (Å²) >= 11 is 0. The number of nitrogens with zero attached hydrogens (tertiary/aromatic N) is 1. The van der Waals surface area contributed by atoms with Gasteiger partial charge in [-0.1, -0.05) is 13.0 Å². The maximum absolute atomic E-state index is 10.2. The van der Waals surface area contributed by atoms with E-state index < -0.39 is 0 Å². The molecule has 0 amide bonds. The molecule has 0 aliphatic carbocycles. The molecule has 2 heterocycles. The summed E-state index contributed by atoms with van der Waals surface area (Å²) in [5.74, 6) is 1.37. The van der Waals surface area contributed by atoms with Crippen LogP contribution in [0.4, 0.5) is 0 Å². The Hall–Kier alpha value is -1.06. The van der Waals surface area contributed by atoms with E-state index in [1.165, 1.54) is 16.7 Å². The van der Waals surface area contributed by atoms with Crippen LogP contribution in [-0.4, -0.2) is 36.3 Å². The third-order valence-corrected chi connectivity index (χ3v) is 4.77. The van der Waals surface area contributed by atoms with E-state index >= 15 is 0 Å². The van der Waals surface area contributed by atoms with Crippen molar-refractivity contribution < 1.29 is 9.84 Å². The number of methoxy groups -OCH3 is 1. The number of fused-ring (bicyclic) bond motifs is 3. The number of benzene rings is 1. The van der Waals surface area contributed by atoms with Crippen LogP contribution in [0.15, 0.2) is 12.1 Å². The predicted octanol–water partition coefficient (Wildman–Crippen LogP) is 2.30. The van der Waals surface area contributed by atoms with Gasteiger partial charge in [-0.2, -0.15) is 0 Å². The maximum Gasteiger partial charge on any atom is 0.122 e. The molecule has 0 radical (unpaired) electrons. The minimum atomic E-state index is -0.172. The highest BCUT2D eigenvalue weighted by molar-refractivity contribution is 5.45. The van der Waals surface area contributed by atoms with Gasteiger partial charge in [-0.3, -0.25) is 4.90 Å². The molecule has 2 aliphatic heterocycles. The molecule has 1 N–H and O–H groups in total. The first-order valence-corrected chi connectivity index (χ1v) is 7.19. The van der Waals surface area contributed by atoms with Gasteiger partial charge in [-0.25, -0.2) is 0 Å². The van der Waals surface area contributed by atoms with Crippen molar-refractivity contribution in [1.29, 1.82) is 0 Å². The molecule has 1 aromatic rings. The van der Waals surface area contributed by atoms with Crippen LogP contribution < -0.4 is 4.74 Å². The lowest BCUT2D eigenvalue weighted by molar-refractivity contribution is -0.00488. The molecule has 0 aromatic heterocycles. The van der Waals surface area contributed by atoms with Gasteiger partial charge in [0.15, 0.2) is 0 Å². The van der Waals surface area contributed by atoms with E-state index in [2.05, 4.69) is 30.9 Å². The van der Waals surface area contributed by atoms with Crippen LogP contribution in [0.1, 0.15) is 36.1 Å². The van der Waals surface area contributed by atoms with Crippen LogP contribution in [0.5, 0.6) is 5.75 Å². The van der Waals surface area contributed by atoms with Crippen molar-refractivity contribution in [1.82, 2.24) is 4.90 Å². The Kier molecular flexibility index (Phi) is 3.27. The fourth-order valence-electron chi connectivity index (χ4n) is 3.56. The van der Waals surface area contributed by atoms with Gasteiger partial charge in [-0.15, -0.1) is 0 Å². The molecule has 3 rings (SSSR count). The number of aryl methyl sites for hydroxylation is 1. The average molecular weight is 261 g/mol. The van der Waals surface area contributed by atoms with Gasteiger partial charge in [0.05, 0.1) is 13.2 Å². The molecule has 3 heteroatoms. The number of piperidine rings is 1. The van der Waals surface area contributed by atoms with Gasteiger partial charge in [0.1, 0.15) is 5.75 Å². The lowest BCUT2D eigenvalue weighted by Crippen LogP contribution is -2.47. The molecule has 19 heavy (non-hydrogen) atoms. The van der Waals surface area contributed by atoms with Crippen molar-refractivity contribution in [3.05, 3.63) is 28.8 Å². The second kappa shape index (κ2) is 4.80. The predicted molar refractivity (Wildman–Crippen MR) is 75.5 cm³/mol. The first-order chi connectivity index (χ1) is 9.10. The van der Waals surface area contributed by atoms with Crippen molar-refractivity contribution in [3.8, 4) is 5.75 Å². The minimum Gasteiger partial charge on any atom is -0.496 e. The van der Waals surface area contributed by atoms with E-state index in [0.29, 0.717) is 12.0 Å². The Morgan fingerprint density at radius 2 is 2.16 bits per heavy atom. The van der Waals surface area contributed by atoms with E-state index in [9.17, 15) is 5.11 Å². The Morgan fingerprint density at radius 3 is 2.89 bits per heavy atom. The van der Waals surface area contributed by atoms with Gasteiger partial charge < -0.3 is 9.84 Å². The van der Waals surface area contributed by atoms with Crippen LogP contribution in [0.3, 0.4) is 0 Å². The quantitative estimate of drug-likeness (QED) is 0.842. The topological polar surface area (TPSA) is 32.7 Å². The molecule has 104 valence electrons. The SMILES string of the molecule is COc1cc2c(cc1C)C1CC(O)C(C)CN1CC2. The average Bonchev–Trinajstić information content (AvgIpc) is 2.40. The van der Waals surface area contributed by atoms with E-state index in [1.54, 1.807) is 7.11 Å². The Labute approximate surface area is 115 Å². The monoisotopic (exact) mass is 261 g/mol. The van der Waals surface area contributed by atoms with Gasteiger partial charge >= 0.3 is 0 Å². The van der Waals surface area contributed by atoms with Gasteiger partial charge in [0, 0.05) is 19.1 Å². The van der Waals surface area contributed by atoms with E-state index in [4.69, 9.17) is 4.74 Å². The molecule has 0 saturated carbocycles. The molecule has 0 spiro atoms. The van der Waals surface area contributed by atoms with E-state index in [1.807, 2.05) is 0 Å². The molecular formula is C16H23NO2. The van der Waals surface area contributed by atoms with Crippen LogP contribution >= 0.6 is 0 Å². The second-order valence-corrected chi connectivity index (χ2v) is 6.06. The number of hydrogen-bond donors (Lipinski definition) is 1. The summed E-state index contributed by atoms with van der Waals surface area (Å²) in [4.78, 5) is 2.53. The second-order valence-electron chi connectivity index (χ2n) is 6.06. The fourth-order valence-corrected chi connectivity index (χ4v) is 3.56. The van der Waals surface area contributed by atoms with Crippen LogP contribution in [0, 0.1) is 12.8 Å². The number of aliphatic hydroxyl groups excluding tert-OH is 1. The van der Waals surface area contributed by atoms with Crippen molar-refractivity contribution in [3.63, 3.8) is 0 Å². The van der Waals surface area contributed by atoms with Gasteiger partial charge in [0.2, 0.25) is 0 Å². The summed E-state index contributed by atoms with van der Waals surface area (Å²) in [5, 5.41) is 10.2. The molecule has 1 saturated heterocycles. The first kappa shape index (κ1) is 12.9. The van der Waals surface area contributed by atoms with Gasteiger partial charge in [0.25, 0.3) is 0 Å². The molecule has 0 bridgehead atoms. The van der Waals surface area contributed by atoms with E-state index in [0.717, 1.165) is 31.7 Å². The summed E-state index contributed by atoms with van der Waals surface area (Å²) in [6.45, 7) is 6.35. The zero-order valence-corrected chi connectivity index (χ0v) is 12.0. The lowest BCUT2D eigenvalue weighted by atomic mass is 9.82. The fraction of sp³-hybridized carbons (Fsp3) is 0.625. The van der Waals surface area contributed by atoms with Crippen LogP contribution in [0.25, 0.3) is 0 Å². The van der Waals surface area contributed by atoms with Crippen molar-refractivity contribution in [2.75, 3.05) is 20.2 Å². The normalized spacial score (nSPS) is 30.6. The number of rotatable bonds is 1.